The molecule has 2 aliphatic carbocycles. The summed E-state index contributed by atoms with van der Waals surface area (Å²) in [5.41, 5.74) is 2.58. The molecule has 1 aromatic heterocycles. The number of nitrogens with zero attached hydrogens (tertiary/aromatic N) is 3. The van der Waals surface area contributed by atoms with Crippen LogP contribution in [0.1, 0.15) is 56.0 Å². The van der Waals surface area contributed by atoms with Crippen LogP contribution in [0.4, 0.5) is 0 Å². The third-order valence-electron chi connectivity index (χ3n) is 3.80. The molecule has 0 radical (unpaired) electrons. The molecule has 88 valence electrons. The lowest BCUT2D eigenvalue weighted by molar-refractivity contribution is 0.415. The first-order valence-corrected chi connectivity index (χ1v) is 6.39. The second-order valence-electron chi connectivity index (χ2n) is 5.25. The molecule has 0 amide bonds. The van der Waals surface area contributed by atoms with Crippen molar-refractivity contribution in [3.05, 3.63) is 11.4 Å². The minimum atomic E-state index is 0.550. The van der Waals surface area contributed by atoms with Gasteiger partial charge in [0, 0.05) is 12.5 Å². The van der Waals surface area contributed by atoms with E-state index in [2.05, 4.69) is 27.2 Å². The standard InChI is InChI=1S/C12H20N4/c1-8(9-3-4-9)16-12(10-5-6-10)11(7-13-2)14-15-16/h8-10,13H,3-7H2,1-2H3. The normalized spacial score (nSPS) is 22.4. The summed E-state index contributed by atoms with van der Waals surface area (Å²) < 4.78 is 2.21. The summed E-state index contributed by atoms with van der Waals surface area (Å²) in [4.78, 5) is 0. The van der Waals surface area contributed by atoms with Crippen LogP contribution in [0, 0.1) is 5.92 Å². The molecule has 0 spiro atoms. The summed E-state index contributed by atoms with van der Waals surface area (Å²) in [6.45, 7) is 3.14. The zero-order valence-electron chi connectivity index (χ0n) is 10.1. The van der Waals surface area contributed by atoms with Crippen LogP contribution in [-0.4, -0.2) is 22.0 Å². The molecule has 2 fully saturated rings. The van der Waals surface area contributed by atoms with Crippen LogP contribution in [0.15, 0.2) is 0 Å². The van der Waals surface area contributed by atoms with Gasteiger partial charge in [0.25, 0.3) is 0 Å². The van der Waals surface area contributed by atoms with Gasteiger partial charge < -0.3 is 5.32 Å². The van der Waals surface area contributed by atoms with Crippen molar-refractivity contribution in [2.24, 2.45) is 5.92 Å². The Bertz CT molecular complexity index is 376. The van der Waals surface area contributed by atoms with Crippen molar-refractivity contribution in [2.45, 2.75) is 51.1 Å². The van der Waals surface area contributed by atoms with Crippen molar-refractivity contribution < 1.29 is 0 Å². The van der Waals surface area contributed by atoms with Gasteiger partial charge in [-0.3, -0.25) is 0 Å². The topological polar surface area (TPSA) is 42.7 Å². The minimum Gasteiger partial charge on any atom is -0.314 e. The lowest BCUT2D eigenvalue weighted by atomic mass is 10.1. The maximum Gasteiger partial charge on any atom is 0.0999 e. The van der Waals surface area contributed by atoms with Crippen molar-refractivity contribution in [1.29, 1.82) is 0 Å². The van der Waals surface area contributed by atoms with Crippen LogP contribution in [0.3, 0.4) is 0 Å². The molecule has 2 aliphatic rings. The lowest BCUT2D eigenvalue weighted by Crippen LogP contribution is -2.14. The minimum absolute atomic E-state index is 0.550. The molecular weight excluding hydrogens is 200 g/mol. The summed E-state index contributed by atoms with van der Waals surface area (Å²) in [5, 5.41) is 11.9. The Morgan fingerprint density at radius 1 is 1.38 bits per heavy atom. The van der Waals surface area contributed by atoms with Crippen LogP contribution < -0.4 is 5.32 Å². The maximum absolute atomic E-state index is 4.38. The van der Waals surface area contributed by atoms with Gasteiger partial charge in [-0.25, -0.2) is 4.68 Å². The predicted octanol–water partition coefficient (Wildman–Crippen LogP) is 1.85. The second-order valence-corrected chi connectivity index (χ2v) is 5.25. The van der Waals surface area contributed by atoms with Crippen molar-refractivity contribution in [1.82, 2.24) is 20.3 Å². The van der Waals surface area contributed by atoms with Gasteiger partial charge in [0.1, 0.15) is 0 Å². The van der Waals surface area contributed by atoms with Crippen LogP contribution in [0.2, 0.25) is 0 Å². The van der Waals surface area contributed by atoms with Crippen LogP contribution in [-0.2, 0) is 6.54 Å². The first-order chi connectivity index (χ1) is 7.81. The average Bonchev–Trinajstić information content (AvgIpc) is 3.16. The molecule has 1 atom stereocenters. The maximum atomic E-state index is 4.38. The zero-order chi connectivity index (χ0) is 11.1. The molecule has 1 aromatic rings. The van der Waals surface area contributed by atoms with E-state index in [1.807, 2.05) is 7.05 Å². The Labute approximate surface area is 96.4 Å². The third-order valence-corrected chi connectivity index (χ3v) is 3.80. The number of hydrogen-bond donors (Lipinski definition) is 1. The highest BCUT2D eigenvalue weighted by Crippen LogP contribution is 2.45. The van der Waals surface area contributed by atoms with E-state index in [0.717, 1.165) is 24.1 Å². The largest absolute Gasteiger partial charge is 0.314 e. The molecule has 16 heavy (non-hydrogen) atoms. The highest BCUT2D eigenvalue weighted by atomic mass is 15.4. The first-order valence-electron chi connectivity index (χ1n) is 6.39. The van der Waals surface area contributed by atoms with E-state index in [9.17, 15) is 0 Å². The summed E-state index contributed by atoms with van der Waals surface area (Å²) >= 11 is 0. The second kappa shape index (κ2) is 3.84. The van der Waals surface area contributed by atoms with Gasteiger partial charge in [-0.2, -0.15) is 0 Å². The van der Waals surface area contributed by atoms with Crippen LogP contribution in [0.5, 0.6) is 0 Å². The Kier molecular flexibility index (Phi) is 2.46. The quantitative estimate of drug-likeness (QED) is 0.823. The van der Waals surface area contributed by atoms with Crippen molar-refractivity contribution in [2.75, 3.05) is 7.05 Å². The average molecular weight is 220 g/mol. The van der Waals surface area contributed by atoms with Gasteiger partial charge in [0.2, 0.25) is 0 Å². The molecule has 1 unspecified atom stereocenters. The SMILES string of the molecule is CNCc1nnn(C(C)C2CC2)c1C1CC1. The summed E-state index contributed by atoms with van der Waals surface area (Å²) in [6, 6.07) is 0.550. The summed E-state index contributed by atoms with van der Waals surface area (Å²) in [6.07, 6.45) is 5.38. The number of hydrogen-bond acceptors (Lipinski definition) is 3. The van der Waals surface area contributed by atoms with E-state index in [1.165, 1.54) is 31.4 Å². The van der Waals surface area contributed by atoms with Crippen molar-refractivity contribution in [3.8, 4) is 0 Å². The van der Waals surface area contributed by atoms with E-state index in [-0.39, 0.29) is 0 Å². The molecule has 2 saturated carbocycles. The molecule has 0 bridgehead atoms. The van der Waals surface area contributed by atoms with Gasteiger partial charge >= 0.3 is 0 Å². The third kappa shape index (κ3) is 1.75. The van der Waals surface area contributed by atoms with E-state index in [1.54, 1.807) is 0 Å². The molecule has 0 aliphatic heterocycles. The fourth-order valence-corrected chi connectivity index (χ4v) is 2.49. The first kappa shape index (κ1) is 10.3. The molecule has 3 rings (SSSR count). The Balaban J connectivity index is 1.90. The molecule has 1 N–H and O–H groups in total. The van der Waals surface area contributed by atoms with E-state index >= 15 is 0 Å². The van der Waals surface area contributed by atoms with Crippen molar-refractivity contribution in [3.63, 3.8) is 0 Å². The molecule has 0 aromatic carbocycles. The Morgan fingerprint density at radius 3 is 2.69 bits per heavy atom. The molecule has 0 saturated heterocycles. The highest BCUT2D eigenvalue weighted by molar-refractivity contribution is 5.21. The summed E-state index contributed by atoms with van der Waals surface area (Å²) in [5.74, 6) is 1.58. The zero-order valence-corrected chi connectivity index (χ0v) is 10.1. The fourth-order valence-electron chi connectivity index (χ4n) is 2.49. The van der Waals surface area contributed by atoms with Gasteiger partial charge in [-0.1, -0.05) is 5.21 Å². The van der Waals surface area contributed by atoms with Gasteiger partial charge in [0.15, 0.2) is 0 Å². The van der Waals surface area contributed by atoms with E-state index in [0.29, 0.717) is 6.04 Å². The summed E-state index contributed by atoms with van der Waals surface area (Å²) in [7, 11) is 1.97. The van der Waals surface area contributed by atoms with Crippen LogP contribution >= 0.6 is 0 Å². The van der Waals surface area contributed by atoms with Crippen LogP contribution in [0.25, 0.3) is 0 Å². The molecule has 4 nitrogen and oxygen atoms in total. The Morgan fingerprint density at radius 2 is 2.12 bits per heavy atom. The Hall–Kier alpha value is -0.900. The number of aromatic nitrogens is 3. The van der Waals surface area contributed by atoms with Gasteiger partial charge in [-0.05, 0) is 45.6 Å². The van der Waals surface area contributed by atoms with E-state index < -0.39 is 0 Å². The smallest absolute Gasteiger partial charge is 0.0999 e. The monoisotopic (exact) mass is 220 g/mol. The van der Waals surface area contributed by atoms with Gasteiger partial charge in [0.05, 0.1) is 17.4 Å². The molecular formula is C12H20N4. The number of nitrogens with one attached hydrogen (secondary N) is 1. The fraction of sp³-hybridized carbons (Fsp3) is 0.833. The highest BCUT2D eigenvalue weighted by Gasteiger charge is 2.36. The van der Waals surface area contributed by atoms with E-state index in [4.69, 9.17) is 0 Å². The lowest BCUT2D eigenvalue weighted by Gasteiger charge is -2.14. The van der Waals surface area contributed by atoms with Crippen molar-refractivity contribution >= 4 is 0 Å². The molecule has 4 heteroatoms. The predicted molar refractivity (Wildman–Crippen MR) is 62.2 cm³/mol. The number of rotatable bonds is 5. The van der Waals surface area contributed by atoms with Gasteiger partial charge in [-0.15, -0.1) is 5.10 Å². The molecule has 1 heterocycles.